The predicted molar refractivity (Wildman–Crippen MR) is 68.1 cm³/mol. The van der Waals surface area contributed by atoms with Crippen molar-refractivity contribution in [2.24, 2.45) is 0 Å². The van der Waals surface area contributed by atoms with Crippen LogP contribution in [0.4, 0.5) is 5.69 Å². The van der Waals surface area contributed by atoms with E-state index in [1.165, 1.54) is 0 Å². The monoisotopic (exact) mass is 247 g/mol. The van der Waals surface area contributed by atoms with E-state index >= 15 is 0 Å². The highest BCUT2D eigenvalue weighted by Crippen LogP contribution is 2.19. The zero-order chi connectivity index (χ0) is 13.0. The minimum Gasteiger partial charge on any atom is -0.392 e. The Morgan fingerprint density at radius 2 is 2.28 bits per heavy atom. The molecule has 1 aromatic carbocycles. The zero-order valence-electron chi connectivity index (χ0n) is 10.6. The normalized spacial score (nSPS) is 12.4. The molecule has 0 aliphatic carbocycles. The predicted octanol–water partition coefficient (Wildman–Crippen LogP) is 2.30. The number of anilines is 1. The minimum absolute atomic E-state index is 0.0322. The van der Waals surface area contributed by atoms with Gasteiger partial charge < -0.3 is 14.9 Å². The van der Waals surface area contributed by atoms with Crippen LogP contribution in [0.3, 0.4) is 0 Å². The van der Waals surface area contributed by atoms with Crippen molar-refractivity contribution in [1.82, 2.24) is 10.1 Å². The molecular formula is C13H17N3O2. The smallest absolute Gasteiger partial charge is 0.248 e. The molecule has 96 valence electrons. The number of rotatable bonds is 5. The lowest BCUT2D eigenvalue weighted by atomic mass is 10.2. The van der Waals surface area contributed by atoms with Gasteiger partial charge in [-0.15, -0.1) is 0 Å². The largest absolute Gasteiger partial charge is 0.392 e. The van der Waals surface area contributed by atoms with Crippen molar-refractivity contribution in [2.75, 3.05) is 5.32 Å². The molecule has 0 spiro atoms. The van der Waals surface area contributed by atoms with Crippen molar-refractivity contribution in [2.45, 2.75) is 32.9 Å². The lowest BCUT2D eigenvalue weighted by Gasteiger charge is -2.11. The molecule has 2 aromatic rings. The molecule has 0 amide bonds. The maximum Gasteiger partial charge on any atom is 0.248 e. The maximum absolute atomic E-state index is 9.08. The average molecular weight is 247 g/mol. The second-order valence-corrected chi connectivity index (χ2v) is 4.13. The topological polar surface area (TPSA) is 71.2 Å². The summed E-state index contributed by atoms with van der Waals surface area (Å²) in [6, 6.07) is 7.54. The number of nitrogens with one attached hydrogen (secondary N) is 1. The summed E-state index contributed by atoms with van der Waals surface area (Å²) in [6.07, 6.45) is 0.760. The fourth-order valence-corrected chi connectivity index (χ4v) is 1.66. The molecule has 2 rings (SSSR count). The number of hydrogen-bond acceptors (Lipinski definition) is 5. The van der Waals surface area contributed by atoms with E-state index in [4.69, 9.17) is 9.63 Å². The zero-order valence-corrected chi connectivity index (χ0v) is 10.6. The van der Waals surface area contributed by atoms with Crippen molar-refractivity contribution in [3.8, 4) is 0 Å². The number of benzene rings is 1. The van der Waals surface area contributed by atoms with Crippen LogP contribution >= 0.6 is 0 Å². The summed E-state index contributed by atoms with van der Waals surface area (Å²) in [4.78, 5) is 4.28. The Bertz CT molecular complexity index is 510. The number of aliphatic hydroxyl groups is 1. The molecule has 0 aliphatic rings. The average Bonchev–Trinajstić information content (AvgIpc) is 2.88. The summed E-state index contributed by atoms with van der Waals surface area (Å²) in [5.41, 5.74) is 1.79. The Labute approximate surface area is 106 Å². The lowest BCUT2D eigenvalue weighted by molar-refractivity contribution is 0.282. The van der Waals surface area contributed by atoms with Gasteiger partial charge in [0.25, 0.3) is 0 Å². The number of aryl methyl sites for hydroxylation is 1. The van der Waals surface area contributed by atoms with Crippen LogP contribution in [0.2, 0.25) is 0 Å². The van der Waals surface area contributed by atoms with Gasteiger partial charge in [0.05, 0.1) is 6.61 Å². The van der Waals surface area contributed by atoms with Crippen LogP contribution in [0, 0.1) is 0 Å². The summed E-state index contributed by atoms with van der Waals surface area (Å²) < 4.78 is 5.17. The molecule has 2 N–H and O–H groups in total. The second-order valence-electron chi connectivity index (χ2n) is 4.13. The number of nitrogens with zero attached hydrogens (tertiary/aromatic N) is 2. The van der Waals surface area contributed by atoms with E-state index < -0.39 is 0 Å². The summed E-state index contributed by atoms with van der Waals surface area (Å²) in [6.45, 7) is 3.97. The second kappa shape index (κ2) is 5.64. The Hall–Kier alpha value is -1.88. The third-order valence-electron chi connectivity index (χ3n) is 2.66. The van der Waals surface area contributed by atoms with Gasteiger partial charge >= 0.3 is 0 Å². The first kappa shape index (κ1) is 12.6. The van der Waals surface area contributed by atoms with Crippen LogP contribution in [-0.4, -0.2) is 15.2 Å². The van der Waals surface area contributed by atoms with Gasteiger partial charge in [-0.2, -0.15) is 4.98 Å². The van der Waals surface area contributed by atoms with Crippen LogP contribution in [0.5, 0.6) is 0 Å². The molecule has 1 atom stereocenters. The third-order valence-corrected chi connectivity index (χ3v) is 2.66. The summed E-state index contributed by atoms with van der Waals surface area (Å²) in [7, 11) is 0. The van der Waals surface area contributed by atoms with E-state index in [2.05, 4.69) is 15.5 Å². The summed E-state index contributed by atoms with van der Waals surface area (Å²) >= 11 is 0. The van der Waals surface area contributed by atoms with Gasteiger partial charge in [-0.25, -0.2) is 0 Å². The number of aliphatic hydroxyl groups excluding tert-OH is 1. The van der Waals surface area contributed by atoms with Gasteiger partial charge in [-0.3, -0.25) is 0 Å². The first-order valence-corrected chi connectivity index (χ1v) is 6.01. The van der Waals surface area contributed by atoms with Gasteiger partial charge in [0.2, 0.25) is 5.89 Å². The Morgan fingerprint density at radius 1 is 1.44 bits per heavy atom. The molecule has 1 heterocycles. The molecule has 0 bridgehead atoms. The Balaban J connectivity index is 2.08. The molecule has 0 radical (unpaired) electrons. The third kappa shape index (κ3) is 2.87. The molecular weight excluding hydrogens is 230 g/mol. The van der Waals surface area contributed by atoms with Crippen LogP contribution < -0.4 is 5.32 Å². The van der Waals surface area contributed by atoms with Gasteiger partial charge in [-0.05, 0) is 24.6 Å². The molecule has 0 fully saturated rings. The lowest BCUT2D eigenvalue weighted by Crippen LogP contribution is -2.07. The van der Waals surface area contributed by atoms with Crippen molar-refractivity contribution in [3.63, 3.8) is 0 Å². The quantitative estimate of drug-likeness (QED) is 0.848. The molecule has 5 nitrogen and oxygen atoms in total. The van der Waals surface area contributed by atoms with E-state index in [0.717, 1.165) is 17.7 Å². The van der Waals surface area contributed by atoms with Crippen LogP contribution in [0.15, 0.2) is 28.8 Å². The SMILES string of the molecule is CCc1noc(C(C)Nc2cccc(CO)c2)n1. The van der Waals surface area contributed by atoms with E-state index in [1.807, 2.05) is 38.1 Å². The standard InChI is InChI=1S/C13H17N3O2/c1-3-12-15-13(18-16-12)9(2)14-11-6-4-5-10(7-11)8-17/h4-7,9,14,17H,3,8H2,1-2H3. The van der Waals surface area contributed by atoms with Crippen molar-refractivity contribution in [3.05, 3.63) is 41.5 Å². The van der Waals surface area contributed by atoms with E-state index in [-0.39, 0.29) is 12.6 Å². The van der Waals surface area contributed by atoms with E-state index in [1.54, 1.807) is 0 Å². The number of hydrogen-bond donors (Lipinski definition) is 2. The van der Waals surface area contributed by atoms with Crippen molar-refractivity contribution in [1.29, 1.82) is 0 Å². The van der Waals surface area contributed by atoms with Gasteiger partial charge in [0.1, 0.15) is 6.04 Å². The Morgan fingerprint density at radius 3 is 2.94 bits per heavy atom. The van der Waals surface area contributed by atoms with Crippen molar-refractivity contribution < 1.29 is 9.63 Å². The molecule has 5 heteroatoms. The van der Waals surface area contributed by atoms with E-state index in [0.29, 0.717) is 11.7 Å². The molecule has 0 saturated carbocycles. The molecule has 0 saturated heterocycles. The highest BCUT2D eigenvalue weighted by Gasteiger charge is 2.13. The van der Waals surface area contributed by atoms with Crippen LogP contribution in [0.25, 0.3) is 0 Å². The summed E-state index contributed by atoms with van der Waals surface area (Å²) in [5.74, 6) is 1.28. The molecule has 1 unspecified atom stereocenters. The van der Waals surface area contributed by atoms with Crippen molar-refractivity contribution >= 4 is 5.69 Å². The van der Waals surface area contributed by atoms with E-state index in [9.17, 15) is 0 Å². The van der Waals surface area contributed by atoms with Gasteiger partial charge in [0, 0.05) is 12.1 Å². The fourth-order valence-electron chi connectivity index (χ4n) is 1.66. The van der Waals surface area contributed by atoms with Crippen LogP contribution in [-0.2, 0) is 13.0 Å². The fraction of sp³-hybridized carbons (Fsp3) is 0.385. The molecule has 1 aromatic heterocycles. The first-order chi connectivity index (χ1) is 8.72. The van der Waals surface area contributed by atoms with Gasteiger partial charge in [-0.1, -0.05) is 24.2 Å². The first-order valence-electron chi connectivity index (χ1n) is 6.01. The minimum atomic E-state index is -0.0632. The highest BCUT2D eigenvalue weighted by atomic mass is 16.5. The Kier molecular flexibility index (Phi) is 3.94. The summed E-state index contributed by atoms with van der Waals surface area (Å²) in [5, 5.41) is 16.2. The molecule has 0 aliphatic heterocycles. The van der Waals surface area contributed by atoms with Gasteiger partial charge in [0.15, 0.2) is 5.82 Å². The maximum atomic E-state index is 9.08. The highest BCUT2D eigenvalue weighted by molar-refractivity contribution is 5.46. The van der Waals surface area contributed by atoms with Crippen LogP contribution in [0.1, 0.15) is 37.2 Å². The molecule has 18 heavy (non-hydrogen) atoms. The number of aromatic nitrogens is 2.